The predicted molar refractivity (Wildman–Crippen MR) is 90.5 cm³/mol. The van der Waals surface area contributed by atoms with E-state index in [1.165, 1.54) is 12.0 Å². The number of nitrogens with two attached hydrogens (primary N) is 1. The van der Waals surface area contributed by atoms with Gasteiger partial charge in [-0.1, -0.05) is 31.9 Å². The summed E-state index contributed by atoms with van der Waals surface area (Å²) in [4.78, 5) is 14.4. The summed E-state index contributed by atoms with van der Waals surface area (Å²) in [5.41, 5.74) is 7.86. The van der Waals surface area contributed by atoms with Crippen molar-refractivity contribution in [2.45, 2.75) is 52.9 Å². The van der Waals surface area contributed by atoms with E-state index >= 15 is 0 Å². The number of benzene rings is 1. The minimum Gasteiger partial charge on any atom is -0.330 e. The number of carbonyl (C=O) groups is 1. The third-order valence-corrected chi connectivity index (χ3v) is 3.97. The molecule has 1 amide bonds. The predicted octanol–water partition coefficient (Wildman–Crippen LogP) is 3.89. The van der Waals surface area contributed by atoms with Crippen LogP contribution in [0, 0.1) is 12.8 Å². The van der Waals surface area contributed by atoms with Gasteiger partial charge < -0.3 is 10.6 Å². The van der Waals surface area contributed by atoms with Crippen LogP contribution in [0.15, 0.2) is 24.3 Å². The number of aryl methyl sites for hydroxylation is 1. The quantitative estimate of drug-likeness (QED) is 0.750. The lowest BCUT2D eigenvalue weighted by Gasteiger charge is -2.23. The smallest absolute Gasteiger partial charge is 0.226 e. The van der Waals surface area contributed by atoms with Crippen molar-refractivity contribution in [2.24, 2.45) is 11.7 Å². The van der Waals surface area contributed by atoms with E-state index in [2.05, 4.69) is 26.0 Å². The molecule has 1 rings (SSSR count). The second-order valence-electron chi connectivity index (χ2n) is 5.75. The van der Waals surface area contributed by atoms with Gasteiger partial charge in [0.15, 0.2) is 0 Å². The highest BCUT2D eigenvalue weighted by Gasteiger charge is 2.16. The van der Waals surface area contributed by atoms with E-state index in [9.17, 15) is 4.79 Å². The molecule has 0 aliphatic carbocycles. The van der Waals surface area contributed by atoms with E-state index in [0.717, 1.165) is 31.5 Å². The van der Waals surface area contributed by atoms with Gasteiger partial charge >= 0.3 is 0 Å². The number of amides is 1. The van der Waals surface area contributed by atoms with Crippen LogP contribution in [0.25, 0.3) is 0 Å². The maximum absolute atomic E-state index is 12.5. The Morgan fingerprint density at radius 3 is 2.57 bits per heavy atom. The Labute approximate surface area is 129 Å². The summed E-state index contributed by atoms with van der Waals surface area (Å²) >= 11 is 0. The van der Waals surface area contributed by atoms with Crippen molar-refractivity contribution in [1.29, 1.82) is 0 Å². The number of anilines is 1. The summed E-state index contributed by atoms with van der Waals surface area (Å²) < 4.78 is 0. The van der Waals surface area contributed by atoms with E-state index in [1.807, 2.05) is 24.0 Å². The molecule has 0 spiro atoms. The normalized spacial score (nSPS) is 12.2. The fourth-order valence-electron chi connectivity index (χ4n) is 2.84. The van der Waals surface area contributed by atoms with Crippen molar-refractivity contribution in [3.05, 3.63) is 29.8 Å². The second kappa shape index (κ2) is 9.56. The average molecular weight is 290 g/mol. The molecule has 0 aliphatic rings. The number of nitrogens with zero attached hydrogens (tertiary/aromatic N) is 1. The Morgan fingerprint density at radius 2 is 2.00 bits per heavy atom. The molecule has 0 saturated carbocycles. The first-order valence-corrected chi connectivity index (χ1v) is 8.19. The van der Waals surface area contributed by atoms with E-state index in [0.29, 0.717) is 18.9 Å². The summed E-state index contributed by atoms with van der Waals surface area (Å²) in [6, 6.07) is 8.15. The third-order valence-electron chi connectivity index (χ3n) is 3.97. The number of hydrogen-bond donors (Lipinski definition) is 1. The zero-order valence-corrected chi connectivity index (χ0v) is 13.8. The average Bonchev–Trinajstić information content (AvgIpc) is 2.46. The van der Waals surface area contributed by atoms with Crippen LogP contribution in [0.3, 0.4) is 0 Å². The molecule has 0 aliphatic heterocycles. The van der Waals surface area contributed by atoms with Gasteiger partial charge in [-0.2, -0.15) is 0 Å². The van der Waals surface area contributed by atoms with Crippen LogP contribution in [0.1, 0.15) is 51.5 Å². The Balaban J connectivity index is 2.62. The molecule has 21 heavy (non-hydrogen) atoms. The molecule has 2 N–H and O–H groups in total. The lowest BCUT2D eigenvalue weighted by atomic mass is 9.94. The Morgan fingerprint density at radius 1 is 1.24 bits per heavy atom. The minimum absolute atomic E-state index is 0.223. The minimum atomic E-state index is 0.223. The summed E-state index contributed by atoms with van der Waals surface area (Å²) in [5, 5.41) is 0. The SMILES string of the molecule is CCCC(CCN)CCC(=O)N(CC)c1cccc(C)c1. The Bertz CT molecular complexity index is 425. The van der Waals surface area contributed by atoms with Crippen molar-refractivity contribution >= 4 is 11.6 Å². The molecule has 1 aromatic rings. The molecule has 3 nitrogen and oxygen atoms in total. The molecule has 0 heterocycles. The lowest BCUT2D eigenvalue weighted by Crippen LogP contribution is -2.31. The largest absolute Gasteiger partial charge is 0.330 e. The summed E-state index contributed by atoms with van der Waals surface area (Å²) in [6.07, 6.45) is 4.92. The zero-order valence-electron chi connectivity index (χ0n) is 13.8. The van der Waals surface area contributed by atoms with Crippen molar-refractivity contribution in [3.63, 3.8) is 0 Å². The first-order valence-electron chi connectivity index (χ1n) is 8.19. The highest BCUT2D eigenvalue weighted by atomic mass is 16.2. The summed E-state index contributed by atoms with van der Waals surface area (Å²) in [7, 11) is 0. The van der Waals surface area contributed by atoms with Crippen molar-refractivity contribution < 1.29 is 4.79 Å². The van der Waals surface area contributed by atoms with Crippen LogP contribution in [0.2, 0.25) is 0 Å². The van der Waals surface area contributed by atoms with E-state index in [1.54, 1.807) is 0 Å². The number of rotatable bonds is 9. The molecule has 1 atom stereocenters. The van der Waals surface area contributed by atoms with Crippen LogP contribution >= 0.6 is 0 Å². The molecule has 118 valence electrons. The van der Waals surface area contributed by atoms with Gasteiger partial charge in [0, 0.05) is 18.7 Å². The Kier molecular flexibility index (Phi) is 8.06. The molecule has 0 aromatic heterocycles. The molecule has 0 radical (unpaired) electrons. The van der Waals surface area contributed by atoms with Gasteiger partial charge in [-0.15, -0.1) is 0 Å². The van der Waals surface area contributed by atoms with Gasteiger partial charge in [0.1, 0.15) is 0 Å². The van der Waals surface area contributed by atoms with Gasteiger partial charge in [-0.25, -0.2) is 0 Å². The molecule has 1 aromatic carbocycles. The van der Waals surface area contributed by atoms with Gasteiger partial charge in [0.2, 0.25) is 5.91 Å². The molecular formula is C18H30N2O. The van der Waals surface area contributed by atoms with Crippen LogP contribution < -0.4 is 10.6 Å². The highest BCUT2D eigenvalue weighted by molar-refractivity contribution is 5.93. The lowest BCUT2D eigenvalue weighted by molar-refractivity contribution is -0.118. The molecule has 0 fully saturated rings. The van der Waals surface area contributed by atoms with Crippen LogP contribution in [0.4, 0.5) is 5.69 Å². The zero-order chi connectivity index (χ0) is 15.7. The molecule has 3 heteroatoms. The third kappa shape index (κ3) is 5.88. The van der Waals surface area contributed by atoms with Crippen molar-refractivity contribution in [1.82, 2.24) is 0 Å². The molecule has 1 unspecified atom stereocenters. The second-order valence-corrected chi connectivity index (χ2v) is 5.75. The standard InChI is InChI=1S/C18H30N2O/c1-4-7-16(12-13-19)10-11-18(21)20(5-2)17-9-6-8-15(3)14-17/h6,8-9,14,16H,4-5,7,10-13,19H2,1-3H3. The molecule has 0 saturated heterocycles. The molecule has 0 bridgehead atoms. The number of carbonyl (C=O) groups excluding carboxylic acids is 1. The van der Waals surface area contributed by atoms with Gasteiger partial charge in [-0.3, -0.25) is 4.79 Å². The molecular weight excluding hydrogens is 260 g/mol. The van der Waals surface area contributed by atoms with Crippen LogP contribution in [-0.2, 0) is 4.79 Å². The van der Waals surface area contributed by atoms with Gasteiger partial charge in [0.25, 0.3) is 0 Å². The van der Waals surface area contributed by atoms with Crippen molar-refractivity contribution in [3.8, 4) is 0 Å². The Hall–Kier alpha value is -1.35. The maximum Gasteiger partial charge on any atom is 0.226 e. The maximum atomic E-state index is 12.5. The fraction of sp³-hybridized carbons (Fsp3) is 0.611. The first kappa shape index (κ1) is 17.7. The summed E-state index contributed by atoms with van der Waals surface area (Å²) in [6.45, 7) is 7.71. The first-order chi connectivity index (χ1) is 10.1. The number of hydrogen-bond acceptors (Lipinski definition) is 2. The van der Waals surface area contributed by atoms with Crippen LogP contribution in [0.5, 0.6) is 0 Å². The van der Waals surface area contributed by atoms with E-state index in [4.69, 9.17) is 5.73 Å². The van der Waals surface area contributed by atoms with Crippen molar-refractivity contribution in [2.75, 3.05) is 18.0 Å². The summed E-state index contributed by atoms with van der Waals surface area (Å²) in [5.74, 6) is 0.807. The topological polar surface area (TPSA) is 46.3 Å². The van der Waals surface area contributed by atoms with Gasteiger partial charge in [0.05, 0.1) is 0 Å². The highest BCUT2D eigenvalue weighted by Crippen LogP contribution is 2.21. The monoisotopic (exact) mass is 290 g/mol. The van der Waals surface area contributed by atoms with E-state index in [-0.39, 0.29) is 5.91 Å². The van der Waals surface area contributed by atoms with Gasteiger partial charge in [-0.05, 0) is 56.8 Å². The fourth-order valence-corrected chi connectivity index (χ4v) is 2.84. The van der Waals surface area contributed by atoms with E-state index < -0.39 is 0 Å². The van der Waals surface area contributed by atoms with Crippen LogP contribution in [-0.4, -0.2) is 19.0 Å².